The molecule has 0 atom stereocenters. The highest BCUT2D eigenvalue weighted by Gasteiger charge is 2.11. The average molecular weight is 389 g/mol. The third-order valence-corrected chi connectivity index (χ3v) is 4.26. The number of aromatic nitrogens is 3. The number of hydrazine groups is 1. The molecule has 0 saturated carbocycles. The van der Waals surface area contributed by atoms with Gasteiger partial charge in [-0.25, -0.2) is 4.98 Å². The van der Waals surface area contributed by atoms with E-state index >= 15 is 0 Å². The highest BCUT2D eigenvalue weighted by molar-refractivity contribution is 5.98. The van der Waals surface area contributed by atoms with Crippen LogP contribution in [0.4, 0.5) is 0 Å². The van der Waals surface area contributed by atoms with Crippen molar-refractivity contribution in [1.29, 1.82) is 0 Å². The Morgan fingerprint density at radius 2 is 1.93 bits per heavy atom. The number of hydrogen-bond donors (Lipinski definition) is 3. The van der Waals surface area contributed by atoms with E-state index in [4.69, 9.17) is 4.74 Å². The fourth-order valence-electron chi connectivity index (χ4n) is 2.83. The molecule has 0 bridgehead atoms. The number of aromatic amines is 1. The summed E-state index contributed by atoms with van der Waals surface area (Å²) in [6.07, 6.45) is 5.54. The van der Waals surface area contributed by atoms with E-state index in [1.807, 2.05) is 35.9 Å². The van der Waals surface area contributed by atoms with Gasteiger partial charge < -0.3 is 14.1 Å². The molecular weight excluding hydrogens is 370 g/mol. The Morgan fingerprint density at radius 3 is 2.76 bits per heavy atom. The van der Waals surface area contributed by atoms with Crippen LogP contribution < -0.4 is 15.6 Å². The Kier molecular flexibility index (Phi) is 4.98. The summed E-state index contributed by atoms with van der Waals surface area (Å²) in [5, 5.41) is 0. The number of amides is 2. The van der Waals surface area contributed by atoms with Gasteiger partial charge in [-0.3, -0.25) is 20.4 Å². The van der Waals surface area contributed by atoms with Gasteiger partial charge in [0.1, 0.15) is 23.7 Å². The molecule has 0 saturated heterocycles. The largest absolute Gasteiger partial charge is 0.487 e. The van der Waals surface area contributed by atoms with Crippen LogP contribution in [0.1, 0.15) is 32.1 Å². The van der Waals surface area contributed by atoms with Crippen molar-refractivity contribution in [3.05, 3.63) is 89.6 Å². The number of carbonyl (C=O) groups is 2. The van der Waals surface area contributed by atoms with Crippen LogP contribution in [0.5, 0.6) is 5.75 Å². The summed E-state index contributed by atoms with van der Waals surface area (Å²) >= 11 is 0. The zero-order valence-electron chi connectivity index (χ0n) is 15.7. The standard InChI is InChI=1S/C21H19N5O3/c1-14-7-8-19-23-16(12-26(19)11-14)13-29-17-5-2-4-15(10-17)20(27)24-25-21(28)18-6-3-9-22-18/h2-12,22H,13H2,1H3,(H,24,27)(H,25,28). The van der Waals surface area contributed by atoms with Crippen LogP contribution in [-0.2, 0) is 6.61 Å². The van der Waals surface area contributed by atoms with Crippen molar-refractivity contribution in [2.75, 3.05) is 0 Å². The second-order valence-corrected chi connectivity index (χ2v) is 6.51. The minimum Gasteiger partial charge on any atom is -0.487 e. The third-order valence-electron chi connectivity index (χ3n) is 4.26. The molecular formula is C21H19N5O3. The van der Waals surface area contributed by atoms with Crippen LogP contribution in [0.25, 0.3) is 5.65 Å². The molecule has 3 heterocycles. The first-order chi connectivity index (χ1) is 14.1. The molecule has 3 N–H and O–H groups in total. The van der Waals surface area contributed by atoms with Crippen LogP contribution in [-0.4, -0.2) is 26.2 Å². The Bertz CT molecular complexity index is 1160. The van der Waals surface area contributed by atoms with Crippen LogP contribution in [0.15, 0.2) is 67.1 Å². The molecule has 1 aromatic carbocycles. The molecule has 0 aliphatic carbocycles. The first-order valence-corrected chi connectivity index (χ1v) is 9.00. The smallest absolute Gasteiger partial charge is 0.286 e. The van der Waals surface area contributed by atoms with E-state index in [9.17, 15) is 9.59 Å². The molecule has 0 aliphatic rings. The molecule has 0 aliphatic heterocycles. The quantitative estimate of drug-likeness (QED) is 0.457. The Balaban J connectivity index is 1.37. The van der Waals surface area contributed by atoms with Crippen molar-refractivity contribution in [2.24, 2.45) is 0 Å². The summed E-state index contributed by atoms with van der Waals surface area (Å²) in [7, 11) is 0. The number of pyridine rings is 1. The fraction of sp³-hybridized carbons (Fsp3) is 0.0952. The lowest BCUT2D eigenvalue weighted by molar-refractivity contribution is 0.0844. The monoisotopic (exact) mass is 389 g/mol. The van der Waals surface area contributed by atoms with Crippen molar-refractivity contribution in [3.8, 4) is 5.75 Å². The lowest BCUT2D eigenvalue weighted by atomic mass is 10.2. The summed E-state index contributed by atoms with van der Waals surface area (Å²) < 4.78 is 7.73. The number of aryl methyl sites for hydroxylation is 1. The van der Waals surface area contributed by atoms with Crippen molar-refractivity contribution in [1.82, 2.24) is 25.2 Å². The minimum atomic E-state index is -0.446. The van der Waals surface area contributed by atoms with E-state index in [-0.39, 0.29) is 6.61 Å². The van der Waals surface area contributed by atoms with Gasteiger partial charge in [-0.1, -0.05) is 12.1 Å². The van der Waals surface area contributed by atoms with Gasteiger partial charge in [-0.2, -0.15) is 0 Å². The number of imidazole rings is 1. The number of nitrogens with zero attached hydrogens (tertiary/aromatic N) is 2. The molecule has 0 spiro atoms. The number of benzene rings is 1. The zero-order chi connectivity index (χ0) is 20.2. The molecule has 29 heavy (non-hydrogen) atoms. The van der Waals surface area contributed by atoms with Gasteiger partial charge in [-0.05, 0) is 48.9 Å². The van der Waals surface area contributed by atoms with Crippen molar-refractivity contribution in [3.63, 3.8) is 0 Å². The SMILES string of the molecule is Cc1ccc2nc(COc3cccc(C(=O)NNC(=O)c4ccc[nH]4)c3)cn2c1. The zero-order valence-corrected chi connectivity index (χ0v) is 15.7. The van der Waals surface area contributed by atoms with Crippen LogP contribution in [0, 0.1) is 6.92 Å². The predicted molar refractivity (Wildman–Crippen MR) is 106 cm³/mol. The molecule has 0 radical (unpaired) electrons. The molecule has 0 unspecified atom stereocenters. The lowest BCUT2D eigenvalue weighted by Gasteiger charge is -2.08. The summed E-state index contributed by atoms with van der Waals surface area (Å²) in [4.78, 5) is 31.4. The summed E-state index contributed by atoms with van der Waals surface area (Å²) in [6, 6.07) is 14.0. The summed E-state index contributed by atoms with van der Waals surface area (Å²) in [5.41, 5.74) is 8.22. The molecule has 8 nitrogen and oxygen atoms in total. The molecule has 146 valence electrons. The summed E-state index contributed by atoms with van der Waals surface area (Å²) in [5.74, 6) is -0.349. The maximum Gasteiger partial charge on any atom is 0.286 e. The average Bonchev–Trinajstić information content (AvgIpc) is 3.40. The summed E-state index contributed by atoms with van der Waals surface area (Å²) in [6.45, 7) is 2.29. The molecule has 4 rings (SSSR count). The van der Waals surface area contributed by atoms with Gasteiger partial charge in [0.2, 0.25) is 0 Å². The van der Waals surface area contributed by atoms with Crippen molar-refractivity contribution in [2.45, 2.75) is 13.5 Å². The molecule has 4 aromatic rings. The van der Waals surface area contributed by atoms with Crippen molar-refractivity contribution >= 4 is 17.5 Å². The Labute approximate surface area is 166 Å². The highest BCUT2D eigenvalue weighted by atomic mass is 16.5. The minimum absolute atomic E-state index is 0.273. The second kappa shape index (κ2) is 7.89. The number of carbonyl (C=O) groups excluding carboxylic acids is 2. The maximum atomic E-state index is 12.3. The topological polar surface area (TPSA) is 101 Å². The van der Waals surface area contributed by atoms with E-state index in [0.29, 0.717) is 17.0 Å². The van der Waals surface area contributed by atoms with Crippen LogP contribution in [0.2, 0.25) is 0 Å². The predicted octanol–water partition coefficient (Wildman–Crippen LogP) is 2.62. The number of rotatable bonds is 5. The van der Waals surface area contributed by atoms with E-state index in [0.717, 1.165) is 16.9 Å². The van der Waals surface area contributed by atoms with Gasteiger partial charge >= 0.3 is 0 Å². The number of nitrogens with one attached hydrogen (secondary N) is 3. The van der Waals surface area contributed by atoms with Gasteiger partial charge in [0.05, 0.1) is 5.69 Å². The molecule has 3 aromatic heterocycles. The van der Waals surface area contributed by atoms with Crippen LogP contribution >= 0.6 is 0 Å². The lowest BCUT2D eigenvalue weighted by Crippen LogP contribution is -2.41. The highest BCUT2D eigenvalue weighted by Crippen LogP contribution is 2.16. The van der Waals surface area contributed by atoms with Gasteiger partial charge in [0.25, 0.3) is 11.8 Å². The molecule has 8 heteroatoms. The number of fused-ring (bicyclic) bond motifs is 1. The number of ether oxygens (including phenoxy) is 1. The van der Waals surface area contributed by atoms with Gasteiger partial charge in [0.15, 0.2) is 0 Å². The molecule has 2 amide bonds. The first kappa shape index (κ1) is 18.3. The van der Waals surface area contributed by atoms with Gasteiger partial charge in [-0.15, -0.1) is 0 Å². The number of hydrogen-bond acceptors (Lipinski definition) is 4. The first-order valence-electron chi connectivity index (χ1n) is 9.00. The fourth-order valence-corrected chi connectivity index (χ4v) is 2.83. The Hall–Kier alpha value is -4.07. The van der Waals surface area contributed by atoms with Crippen LogP contribution in [0.3, 0.4) is 0 Å². The van der Waals surface area contributed by atoms with Gasteiger partial charge in [0, 0.05) is 24.2 Å². The second-order valence-electron chi connectivity index (χ2n) is 6.51. The van der Waals surface area contributed by atoms with Crippen molar-refractivity contribution < 1.29 is 14.3 Å². The van der Waals surface area contributed by atoms with E-state index in [2.05, 4.69) is 20.8 Å². The van der Waals surface area contributed by atoms with E-state index in [1.54, 1.807) is 42.6 Å². The maximum absolute atomic E-state index is 12.3. The number of H-pyrrole nitrogens is 1. The molecule has 0 fully saturated rings. The van der Waals surface area contributed by atoms with E-state index < -0.39 is 11.8 Å². The third kappa shape index (κ3) is 4.27. The normalized spacial score (nSPS) is 10.7. The Morgan fingerprint density at radius 1 is 1.07 bits per heavy atom. The van der Waals surface area contributed by atoms with E-state index in [1.165, 1.54) is 0 Å².